The van der Waals surface area contributed by atoms with Crippen molar-refractivity contribution < 1.29 is 0 Å². The Labute approximate surface area is 172 Å². The quantitative estimate of drug-likeness (QED) is 0.241. The highest BCUT2D eigenvalue weighted by Gasteiger charge is 2.16. The van der Waals surface area contributed by atoms with Crippen LogP contribution in [-0.4, -0.2) is 19.1 Å². The van der Waals surface area contributed by atoms with Crippen LogP contribution in [0.5, 0.6) is 0 Å². The molecule has 1 aromatic carbocycles. The zero-order chi connectivity index (χ0) is 18.8. The molecule has 0 aliphatic rings. The molecule has 27 heavy (non-hydrogen) atoms. The molecule has 0 aliphatic carbocycles. The van der Waals surface area contributed by atoms with Crippen molar-refractivity contribution in [1.82, 2.24) is 19.1 Å². The lowest BCUT2D eigenvalue weighted by Gasteiger charge is -2.09. The average Bonchev–Trinajstić information content (AvgIpc) is 3.30. The second kappa shape index (κ2) is 7.93. The van der Waals surface area contributed by atoms with Crippen molar-refractivity contribution in [2.75, 3.05) is 0 Å². The van der Waals surface area contributed by atoms with Crippen molar-refractivity contribution in [1.29, 1.82) is 0 Å². The van der Waals surface area contributed by atoms with Gasteiger partial charge >= 0.3 is 0 Å². The monoisotopic (exact) mass is 432 g/mol. The molecule has 0 radical (unpaired) electrons. The number of hydrogen-bond acceptors (Lipinski definition) is 7. The lowest BCUT2D eigenvalue weighted by Crippen LogP contribution is -2.22. The van der Waals surface area contributed by atoms with Crippen molar-refractivity contribution >= 4 is 56.4 Å². The number of halogens is 1. The van der Waals surface area contributed by atoms with E-state index < -0.39 is 0 Å². The SMILES string of the molecule is C=CCn1c(SCc2nnsc2Cl)nc2sc(-c3ccccc3)cc2c1=O. The molecule has 0 atom stereocenters. The number of hydrogen-bond donors (Lipinski definition) is 0. The summed E-state index contributed by atoms with van der Waals surface area (Å²) in [6.45, 7) is 4.15. The lowest BCUT2D eigenvalue weighted by atomic mass is 10.2. The molecule has 9 heteroatoms. The molecule has 136 valence electrons. The van der Waals surface area contributed by atoms with E-state index in [2.05, 4.69) is 16.2 Å². The van der Waals surface area contributed by atoms with Crippen LogP contribution < -0.4 is 5.56 Å². The number of thiophene rings is 1. The van der Waals surface area contributed by atoms with Gasteiger partial charge in [-0.3, -0.25) is 9.36 Å². The van der Waals surface area contributed by atoms with Gasteiger partial charge in [0.2, 0.25) is 0 Å². The Morgan fingerprint density at radius 2 is 2.11 bits per heavy atom. The first-order chi connectivity index (χ1) is 13.2. The zero-order valence-electron chi connectivity index (χ0n) is 14.0. The molecule has 0 saturated carbocycles. The Kier molecular flexibility index (Phi) is 5.40. The predicted octanol–water partition coefficient (Wildman–Crippen LogP) is 5.11. The maximum atomic E-state index is 13.0. The van der Waals surface area contributed by atoms with Crippen molar-refractivity contribution in [3.63, 3.8) is 0 Å². The first kappa shape index (κ1) is 18.4. The highest BCUT2D eigenvalue weighted by molar-refractivity contribution is 7.98. The van der Waals surface area contributed by atoms with Gasteiger partial charge in [-0.05, 0) is 11.6 Å². The van der Waals surface area contributed by atoms with Crippen LogP contribution in [0.1, 0.15) is 5.69 Å². The predicted molar refractivity (Wildman–Crippen MR) is 114 cm³/mol. The molecule has 3 aromatic heterocycles. The molecule has 0 N–H and O–H groups in total. The Morgan fingerprint density at radius 1 is 1.30 bits per heavy atom. The summed E-state index contributed by atoms with van der Waals surface area (Å²) in [6.07, 6.45) is 1.70. The van der Waals surface area contributed by atoms with Crippen LogP contribution in [-0.2, 0) is 12.3 Å². The molecule has 0 unspecified atom stereocenters. The van der Waals surface area contributed by atoms with Gasteiger partial charge in [0.05, 0.1) is 5.39 Å². The van der Waals surface area contributed by atoms with Gasteiger partial charge in [-0.2, -0.15) is 0 Å². The molecule has 0 amide bonds. The van der Waals surface area contributed by atoms with Crippen LogP contribution in [0.4, 0.5) is 0 Å². The second-order valence-electron chi connectivity index (χ2n) is 5.58. The van der Waals surface area contributed by atoms with E-state index in [0.29, 0.717) is 32.9 Å². The molecular weight excluding hydrogens is 420 g/mol. The molecule has 0 fully saturated rings. The molecular formula is C18H13ClN4OS3. The number of nitrogens with zero attached hydrogens (tertiary/aromatic N) is 4. The highest BCUT2D eigenvalue weighted by atomic mass is 35.5. The van der Waals surface area contributed by atoms with Gasteiger partial charge in [0, 0.05) is 28.7 Å². The van der Waals surface area contributed by atoms with Crippen LogP contribution in [0.3, 0.4) is 0 Å². The number of aromatic nitrogens is 4. The van der Waals surface area contributed by atoms with Gasteiger partial charge in [-0.1, -0.05) is 64.3 Å². The van der Waals surface area contributed by atoms with Crippen LogP contribution in [0.2, 0.25) is 4.34 Å². The summed E-state index contributed by atoms with van der Waals surface area (Å²) in [4.78, 5) is 19.5. The van der Waals surface area contributed by atoms with Crippen LogP contribution in [0.25, 0.3) is 20.7 Å². The van der Waals surface area contributed by atoms with E-state index in [4.69, 9.17) is 16.6 Å². The standard InChI is InChI=1S/C18H13ClN4OS3/c1-2-8-23-17(24)12-9-14(11-6-4-3-5-7-11)26-16(12)20-18(23)25-10-13-15(19)27-22-21-13/h2-7,9H,1,8,10H2. The Balaban J connectivity index is 1.78. The van der Waals surface area contributed by atoms with Gasteiger partial charge in [-0.25, -0.2) is 4.98 Å². The fourth-order valence-electron chi connectivity index (χ4n) is 2.56. The van der Waals surface area contributed by atoms with Crippen LogP contribution in [0.15, 0.2) is 59.0 Å². The van der Waals surface area contributed by atoms with Gasteiger partial charge in [0.15, 0.2) is 5.16 Å². The van der Waals surface area contributed by atoms with Crippen molar-refractivity contribution in [2.45, 2.75) is 17.5 Å². The lowest BCUT2D eigenvalue weighted by molar-refractivity contribution is 0.672. The second-order valence-corrected chi connectivity index (χ2v) is 8.91. The molecule has 0 spiro atoms. The first-order valence-corrected chi connectivity index (χ1v) is 10.9. The van der Waals surface area contributed by atoms with Gasteiger partial charge in [0.25, 0.3) is 5.56 Å². The van der Waals surface area contributed by atoms with Gasteiger partial charge in [0.1, 0.15) is 14.9 Å². The highest BCUT2D eigenvalue weighted by Crippen LogP contribution is 2.33. The third-order valence-corrected chi connectivity index (χ3v) is 6.88. The third-order valence-electron chi connectivity index (χ3n) is 3.83. The molecule has 0 aliphatic heterocycles. The number of thioether (sulfide) groups is 1. The van der Waals surface area contributed by atoms with Gasteiger partial charge in [-0.15, -0.1) is 23.0 Å². The minimum absolute atomic E-state index is 0.0664. The smallest absolute Gasteiger partial charge is 0.263 e. The summed E-state index contributed by atoms with van der Waals surface area (Å²) >= 11 is 10.2. The van der Waals surface area contributed by atoms with Crippen molar-refractivity contribution in [2.24, 2.45) is 0 Å². The number of fused-ring (bicyclic) bond motifs is 1. The van der Waals surface area contributed by atoms with Crippen LogP contribution >= 0.6 is 46.2 Å². The minimum Gasteiger partial charge on any atom is -0.283 e. The van der Waals surface area contributed by atoms with E-state index in [1.54, 1.807) is 10.6 Å². The summed E-state index contributed by atoms with van der Waals surface area (Å²) in [5.74, 6) is 0.501. The normalized spacial score (nSPS) is 11.1. The topological polar surface area (TPSA) is 60.7 Å². The molecule has 5 nitrogen and oxygen atoms in total. The number of allylic oxidation sites excluding steroid dienone is 1. The van der Waals surface area contributed by atoms with E-state index in [9.17, 15) is 4.79 Å². The van der Waals surface area contributed by atoms with E-state index in [1.165, 1.54) is 23.1 Å². The Bertz CT molecular complexity index is 1170. The molecule has 4 aromatic rings. The molecule has 0 saturated heterocycles. The van der Waals surface area contributed by atoms with Crippen molar-refractivity contribution in [3.8, 4) is 10.4 Å². The Hall–Kier alpha value is -2.00. The summed E-state index contributed by atoms with van der Waals surface area (Å²) in [5, 5.41) is 5.26. The minimum atomic E-state index is -0.0664. The van der Waals surface area contributed by atoms with Gasteiger partial charge < -0.3 is 0 Å². The molecule has 3 heterocycles. The summed E-state index contributed by atoms with van der Waals surface area (Å²) in [6, 6.07) is 11.9. The van der Waals surface area contributed by atoms with E-state index >= 15 is 0 Å². The average molecular weight is 433 g/mol. The fourth-order valence-corrected chi connectivity index (χ4v) is 5.38. The summed E-state index contributed by atoms with van der Waals surface area (Å²) < 4.78 is 6.03. The van der Waals surface area contributed by atoms with Crippen molar-refractivity contribution in [3.05, 3.63) is 69.4 Å². The van der Waals surface area contributed by atoms with E-state index in [-0.39, 0.29) is 5.56 Å². The maximum absolute atomic E-state index is 13.0. The summed E-state index contributed by atoms with van der Waals surface area (Å²) in [7, 11) is 0. The maximum Gasteiger partial charge on any atom is 0.263 e. The fraction of sp³-hybridized carbons (Fsp3) is 0.111. The Morgan fingerprint density at radius 3 is 2.81 bits per heavy atom. The number of rotatable bonds is 6. The first-order valence-electron chi connectivity index (χ1n) is 7.97. The van der Waals surface area contributed by atoms with E-state index in [1.807, 2.05) is 36.4 Å². The third kappa shape index (κ3) is 3.70. The largest absolute Gasteiger partial charge is 0.283 e. The molecule has 0 bridgehead atoms. The van der Waals surface area contributed by atoms with Crippen LogP contribution in [0, 0.1) is 0 Å². The summed E-state index contributed by atoms with van der Waals surface area (Å²) in [5.41, 5.74) is 1.70. The number of benzene rings is 1. The van der Waals surface area contributed by atoms with E-state index in [0.717, 1.165) is 26.8 Å². The zero-order valence-corrected chi connectivity index (χ0v) is 17.2. The molecule has 4 rings (SSSR count).